The van der Waals surface area contributed by atoms with Gasteiger partial charge in [0.1, 0.15) is 6.54 Å². The lowest BCUT2D eigenvalue weighted by Gasteiger charge is -2.10. The molecule has 1 aromatic carbocycles. The van der Waals surface area contributed by atoms with Gasteiger partial charge in [-0.2, -0.15) is 4.72 Å². The molecule has 0 saturated heterocycles. The van der Waals surface area contributed by atoms with E-state index < -0.39 is 28.5 Å². The number of carbonyl (C=O) groups excluding carboxylic acids is 2. The first-order valence-electron chi connectivity index (χ1n) is 5.36. The molecular weight excluding hydrogens is 288 g/mol. The van der Waals surface area contributed by atoms with Crippen LogP contribution in [-0.4, -0.2) is 41.1 Å². The zero-order chi connectivity index (χ0) is 15.3. The number of esters is 2. The van der Waals surface area contributed by atoms with Crippen molar-refractivity contribution in [3.8, 4) is 0 Å². The summed E-state index contributed by atoms with van der Waals surface area (Å²) in [5.41, 5.74) is 5.48. The molecule has 0 aromatic heterocycles. The zero-order valence-electron chi connectivity index (χ0n) is 10.9. The highest BCUT2D eigenvalue weighted by atomic mass is 32.2. The Hall–Kier alpha value is -2.13. The minimum absolute atomic E-state index is 0.149. The van der Waals surface area contributed by atoms with Crippen LogP contribution in [0.3, 0.4) is 0 Å². The molecule has 0 saturated carbocycles. The van der Waals surface area contributed by atoms with Crippen LogP contribution in [0.25, 0.3) is 0 Å². The van der Waals surface area contributed by atoms with Crippen molar-refractivity contribution in [2.75, 3.05) is 26.5 Å². The molecule has 0 aliphatic heterocycles. The first kappa shape index (κ1) is 15.9. The van der Waals surface area contributed by atoms with Crippen molar-refractivity contribution in [2.45, 2.75) is 4.90 Å². The highest BCUT2D eigenvalue weighted by Gasteiger charge is 2.24. The van der Waals surface area contributed by atoms with Crippen molar-refractivity contribution in [1.82, 2.24) is 4.72 Å². The summed E-state index contributed by atoms with van der Waals surface area (Å²) in [4.78, 5) is 22.1. The van der Waals surface area contributed by atoms with E-state index >= 15 is 0 Å². The Morgan fingerprint density at radius 3 is 2.45 bits per heavy atom. The number of nitrogens with two attached hydrogens (primary N) is 1. The van der Waals surface area contributed by atoms with E-state index in [4.69, 9.17) is 5.73 Å². The van der Waals surface area contributed by atoms with E-state index in [-0.39, 0.29) is 16.1 Å². The van der Waals surface area contributed by atoms with Gasteiger partial charge in [-0.15, -0.1) is 0 Å². The van der Waals surface area contributed by atoms with Gasteiger partial charge in [0.25, 0.3) is 0 Å². The fourth-order valence-corrected chi connectivity index (χ4v) is 2.54. The third-order valence-corrected chi connectivity index (χ3v) is 3.78. The largest absolute Gasteiger partial charge is 0.468 e. The average molecular weight is 302 g/mol. The molecular formula is C11H14N2O6S. The fraction of sp³-hybridized carbons (Fsp3) is 0.273. The van der Waals surface area contributed by atoms with Crippen LogP contribution >= 0.6 is 0 Å². The Kier molecular flexibility index (Phi) is 5.06. The van der Waals surface area contributed by atoms with Crippen molar-refractivity contribution >= 4 is 27.6 Å². The van der Waals surface area contributed by atoms with Crippen LogP contribution in [-0.2, 0) is 24.3 Å². The lowest BCUT2D eigenvalue weighted by atomic mass is 10.2. The van der Waals surface area contributed by atoms with E-state index in [2.05, 4.69) is 9.47 Å². The van der Waals surface area contributed by atoms with Crippen LogP contribution < -0.4 is 10.5 Å². The predicted molar refractivity (Wildman–Crippen MR) is 69.4 cm³/mol. The van der Waals surface area contributed by atoms with Crippen LogP contribution in [0.5, 0.6) is 0 Å². The summed E-state index contributed by atoms with van der Waals surface area (Å²) in [6.45, 7) is -0.561. The maximum absolute atomic E-state index is 12.1. The summed E-state index contributed by atoms with van der Waals surface area (Å²) in [6, 6.07) is 3.70. The zero-order valence-corrected chi connectivity index (χ0v) is 11.7. The number of nitrogen functional groups attached to an aromatic ring is 1. The number of rotatable bonds is 5. The number of benzene rings is 1. The summed E-state index contributed by atoms with van der Waals surface area (Å²) in [7, 11) is -1.86. The SMILES string of the molecule is COC(=O)CNS(=O)(=O)c1cc(N)ccc1C(=O)OC. The standard InChI is InChI=1S/C11H14N2O6S/c1-18-10(14)6-13-20(16,17)9-5-7(12)3-4-8(9)11(15)19-2/h3-5,13H,6,12H2,1-2H3. The lowest BCUT2D eigenvalue weighted by Crippen LogP contribution is -2.31. The normalized spacial score (nSPS) is 10.9. The maximum atomic E-state index is 12.1. The first-order chi connectivity index (χ1) is 9.31. The van der Waals surface area contributed by atoms with Gasteiger partial charge < -0.3 is 15.2 Å². The van der Waals surface area contributed by atoms with E-state index in [1.165, 1.54) is 12.1 Å². The number of nitrogens with one attached hydrogen (secondary N) is 1. The first-order valence-corrected chi connectivity index (χ1v) is 6.84. The van der Waals surface area contributed by atoms with Gasteiger partial charge in [0.2, 0.25) is 10.0 Å². The summed E-state index contributed by atoms with van der Waals surface area (Å²) in [5.74, 6) is -1.60. The average Bonchev–Trinajstić information content (AvgIpc) is 2.43. The maximum Gasteiger partial charge on any atom is 0.339 e. The Bertz CT molecular complexity index is 626. The molecule has 1 rings (SSSR count). The Labute approximate surface area is 115 Å². The Morgan fingerprint density at radius 2 is 1.90 bits per heavy atom. The van der Waals surface area contributed by atoms with Gasteiger partial charge in [0.05, 0.1) is 24.7 Å². The highest BCUT2D eigenvalue weighted by Crippen LogP contribution is 2.19. The number of hydrogen-bond donors (Lipinski definition) is 2. The molecule has 0 radical (unpaired) electrons. The molecule has 20 heavy (non-hydrogen) atoms. The molecule has 8 nitrogen and oxygen atoms in total. The molecule has 110 valence electrons. The second-order valence-electron chi connectivity index (χ2n) is 3.65. The van der Waals surface area contributed by atoms with Crippen LogP contribution in [0.4, 0.5) is 5.69 Å². The van der Waals surface area contributed by atoms with Crippen molar-refractivity contribution < 1.29 is 27.5 Å². The van der Waals surface area contributed by atoms with Crippen molar-refractivity contribution in [3.63, 3.8) is 0 Å². The molecule has 3 N–H and O–H groups in total. The van der Waals surface area contributed by atoms with Crippen LogP contribution in [0.2, 0.25) is 0 Å². The third kappa shape index (κ3) is 3.68. The summed E-state index contributed by atoms with van der Waals surface area (Å²) < 4.78 is 35.0. The molecule has 0 fully saturated rings. The highest BCUT2D eigenvalue weighted by molar-refractivity contribution is 7.89. The van der Waals surface area contributed by atoms with Crippen LogP contribution in [0.15, 0.2) is 23.1 Å². The molecule has 0 bridgehead atoms. The van der Waals surface area contributed by atoms with E-state index in [0.717, 1.165) is 20.3 Å². The number of ether oxygens (including phenoxy) is 2. The third-order valence-electron chi connectivity index (χ3n) is 2.33. The van der Waals surface area contributed by atoms with Gasteiger partial charge in [0.15, 0.2) is 0 Å². The minimum Gasteiger partial charge on any atom is -0.468 e. The van der Waals surface area contributed by atoms with Crippen LogP contribution in [0, 0.1) is 0 Å². The molecule has 0 amide bonds. The van der Waals surface area contributed by atoms with Gasteiger partial charge in [-0.25, -0.2) is 13.2 Å². The number of hydrogen-bond acceptors (Lipinski definition) is 7. The van der Waals surface area contributed by atoms with Crippen molar-refractivity contribution in [3.05, 3.63) is 23.8 Å². The number of carbonyl (C=O) groups is 2. The van der Waals surface area contributed by atoms with Gasteiger partial charge in [-0.3, -0.25) is 4.79 Å². The molecule has 0 unspecified atom stereocenters. The lowest BCUT2D eigenvalue weighted by molar-refractivity contribution is -0.139. The molecule has 1 aromatic rings. The van der Waals surface area contributed by atoms with E-state index in [9.17, 15) is 18.0 Å². The van der Waals surface area contributed by atoms with E-state index in [0.29, 0.717) is 0 Å². The minimum atomic E-state index is -4.11. The summed E-state index contributed by atoms with van der Waals surface area (Å²) in [6.07, 6.45) is 0. The van der Waals surface area contributed by atoms with Gasteiger partial charge in [0, 0.05) is 5.69 Å². The van der Waals surface area contributed by atoms with E-state index in [1.807, 2.05) is 4.72 Å². The van der Waals surface area contributed by atoms with E-state index in [1.54, 1.807) is 0 Å². The van der Waals surface area contributed by atoms with Crippen LogP contribution in [0.1, 0.15) is 10.4 Å². The van der Waals surface area contributed by atoms with Gasteiger partial charge in [-0.1, -0.05) is 0 Å². The monoisotopic (exact) mass is 302 g/mol. The fourth-order valence-electron chi connectivity index (χ4n) is 1.34. The molecule has 0 heterocycles. The topological polar surface area (TPSA) is 125 Å². The second-order valence-corrected chi connectivity index (χ2v) is 5.38. The molecule has 0 spiro atoms. The molecule has 0 aliphatic rings. The Morgan fingerprint density at radius 1 is 1.25 bits per heavy atom. The second kappa shape index (κ2) is 6.35. The van der Waals surface area contributed by atoms with Gasteiger partial charge in [-0.05, 0) is 18.2 Å². The van der Waals surface area contributed by atoms with Crippen molar-refractivity contribution in [1.29, 1.82) is 0 Å². The Balaban J connectivity index is 3.19. The quantitative estimate of drug-likeness (QED) is 0.555. The van der Waals surface area contributed by atoms with Gasteiger partial charge >= 0.3 is 11.9 Å². The summed E-state index contributed by atoms with van der Waals surface area (Å²) >= 11 is 0. The summed E-state index contributed by atoms with van der Waals surface area (Å²) in [5, 5.41) is 0. The predicted octanol–water partition coefficient (Wildman–Crippen LogP) is -0.493. The molecule has 0 atom stereocenters. The molecule has 0 aliphatic carbocycles. The van der Waals surface area contributed by atoms with Crippen molar-refractivity contribution in [2.24, 2.45) is 0 Å². The molecule has 9 heteroatoms. The smallest absolute Gasteiger partial charge is 0.339 e. The number of methoxy groups -OCH3 is 2. The number of sulfonamides is 1. The number of anilines is 1.